The molecular formula is C73H37Cl2O10. The number of carbonyl (C=O) groups excluding carboxylic acids is 2. The Morgan fingerprint density at radius 2 is 1.12 bits per heavy atom. The maximum atomic E-state index is 13.1. The van der Waals surface area contributed by atoms with E-state index in [1.165, 1.54) is 48.5 Å². The van der Waals surface area contributed by atoms with Gasteiger partial charge in [-0.2, -0.15) is 0 Å². The van der Waals surface area contributed by atoms with Gasteiger partial charge in [0.1, 0.15) is 11.1 Å². The number of rotatable bonds is 22. The minimum absolute atomic E-state index is 0.00330. The topological polar surface area (TPSA) is 167 Å². The van der Waals surface area contributed by atoms with E-state index in [0.29, 0.717) is 51.1 Å². The molecule has 0 aromatic heterocycles. The number of carboxylic acid groups (broad SMARTS) is 2. The van der Waals surface area contributed by atoms with Gasteiger partial charge in [0.05, 0.1) is 21.2 Å². The summed E-state index contributed by atoms with van der Waals surface area (Å²) in [6.07, 6.45) is 47.1. The predicted molar refractivity (Wildman–Crippen MR) is 307 cm³/mol. The van der Waals surface area contributed by atoms with Gasteiger partial charge in [0, 0.05) is 24.0 Å². The van der Waals surface area contributed by atoms with Crippen molar-refractivity contribution >= 4 is 52.7 Å². The minimum Gasteiger partial charge on any atom is -0.478 e. The molecule has 0 unspecified atom stereocenters. The molecule has 12 heteroatoms. The molecule has 4 saturated carbocycles. The van der Waals surface area contributed by atoms with E-state index in [1.54, 1.807) is 72.8 Å². The van der Waals surface area contributed by atoms with Crippen molar-refractivity contribution in [2.45, 2.75) is 0 Å². The van der Waals surface area contributed by atoms with Crippen molar-refractivity contribution in [1.82, 2.24) is 0 Å². The highest BCUT2D eigenvalue weighted by molar-refractivity contribution is 6.33. The van der Waals surface area contributed by atoms with Crippen LogP contribution in [0.5, 0.6) is 11.5 Å². The van der Waals surface area contributed by atoms with Gasteiger partial charge >= 0.3 is 23.9 Å². The molecule has 6 aromatic rings. The lowest BCUT2D eigenvalue weighted by molar-refractivity contribution is 0.0561. The normalized spacial score (nSPS) is 22.7. The van der Waals surface area contributed by atoms with Gasteiger partial charge in [-0.15, -0.1) is 0 Å². The zero-order valence-corrected chi connectivity index (χ0v) is 45.9. The smallest absolute Gasteiger partial charge is 0.386 e. The van der Waals surface area contributed by atoms with Crippen LogP contribution in [0.25, 0.3) is 27.8 Å². The summed E-state index contributed by atoms with van der Waals surface area (Å²) in [5, 5.41) is 43.8. The van der Waals surface area contributed by atoms with Crippen LogP contribution in [0.3, 0.4) is 0 Å². The number of benzene rings is 6. The van der Waals surface area contributed by atoms with Crippen molar-refractivity contribution in [3.8, 4) is 33.8 Å². The van der Waals surface area contributed by atoms with Crippen LogP contribution in [-0.4, -0.2) is 34.1 Å². The van der Waals surface area contributed by atoms with Crippen LogP contribution in [0, 0.1) is 202 Å². The van der Waals surface area contributed by atoms with Gasteiger partial charge in [-0.3, -0.25) is 0 Å². The fraction of sp³-hybridized carbons (Fsp3) is 0.0959. The number of allylic oxidation sites excluding steroid dienone is 1. The van der Waals surface area contributed by atoms with Crippen LogP contribution in [0.2, 0.25) is 10.0 Å². The van der Waals surface area contributed by atoms with Crippen LogP contribution in [0.4, 0.5) is 0 Å². The molecule has 4 aliphatic rings. The first-order chi connectivity index (χ1) is 40.7. The molecule has 0 bridgehead atoms. The molecule has 0 amide bonds. The highest BCUT2D eigenvalue weighted by atomic mass is 35.5. The fourth-order valence-corrected chi connectivity index (χ4v) is 10.4. The van der Waals surface area contributed by atoms with Crippen LogP contribution >= 0.6 is 23.2 Å². The highest BCUT2D eigenvalue weighted by Gasteiger charge is 2.62. The number of halogens is 2. The monoisotopic (exact) mass is 1140 g/mol. The summed E-state index contributed by atoms with van der Waals surface area (Å²) in [4.78, 5) is 49.0. The van der Waals surface area contributed by atoms with E-state index in [0.717, 1.165) is 0 Å². The second-order valence-corrected chi connectivity index (χ2v) is 20.6. The standard InChI is InChI=1S/C73H37Cl2O10/c1-43(2)10-6-11-44(3)61-28-29-62-58-27-26-56-34-45(30-32-72(56,4)63(58)31-33-73(61,62)5)12-7-17-57(54-37-59(70(80)81)66(64(74)39-54)84-41-46-18-22-48(23-19-46)50-13-8-15-52(35-50)68(76)77)55-38-60(71(82)83)67(65(75)40-55)85-42-47-20-24-49(25-21-47)51-14-9-16-53(36-51)69(78)79/h8-9,13-16,18-25,35-40,45,58,61-63H,1-5H2,(H,80,81)(H,82,83)/t45-,58-,61+,62-,63-,72-,73+/m0/s1. The molecule has 7 atom stereocenters. The highest BCUT2D eigenvalue weighted by Crippen LogP contribution is 2.67. The molecule has 2 N–H and O–H groups in total. The summed E-state index contributed by atoms with van der Waals surface area (Å²) >= 11 is 13.7. The number of fused-ring (bicyclic) bond motifs is 5. The van der Waals surface area contributed by atoms with Gasteiger partial charge in [0.15, 0.2) is 11.5 Å². The third kappa shape index (κ3) is 13.3. The fourth-order valence-electron chi connectivity index (χ4n) is 9.93. The average Bonchev–Trinajstić information content (AvgIpc) is 3.83. The second kappa shape index (κ2) is 26.0. The first-order valence-electron chi connectivity index (χ1n) is 25.6. The van der Waals surface area contributed by atoms with Crippen molar-refractivity contribution in [3.05, 3.63) is 337 Å². The number of ether oxygens (including phenoxy) is 2. The molecular weight excluding hydrogens is 1110 g/mol. The quantitative estimate of drug-likeness (QED) is 0.0677. The number of carbonyl (C=O) groups is 4. The van der Waals surface area contributed by atoms with Gasteiger partial charge < -0.3 is 19.7 Å². The van der Waals surface area contributed by atoms with E-state index in [9.17, 15) is 39.6 Å². The largest absolute Gasteiger partial charge is 0.478 e. The van der Waals surface area contributed by atoms with Gasteiger partial charge in [-0.05, 0) is 263 Å². The maximum absolute atomic E-state index is 13.1. The van der Waals surface area contributed by atoms with Crippen molar-refractivity contribution in [3.63, 3.8) is 0 Å². The predicted octanol–water partition coefficient (Wildman–Crippen LogP) is 13.2. The van der Waals surface area contributed by atoms with Crippen molar-refractivity contribution < 1.29 is 49.1 Å². The molecule has 0 saturated heterocycles. The minimum atomic E-state index is -1.45. The molecule has 6 aromatic carbocycles. The summed E-state index contributed by atoms with van der Waals surface area (Å²) in [6.45, 7) is 26.0. The van der Waals surface area contributed by atoms with Gasteiger partial charge in [-0.25, -0.2) is 29.4 Å². The Bertz CT molecular complexity index is 3300. The maximum Gasteiger partial charge on any atom is 0.386 e. The average molecular weight is 1140 g/mol. The number of aromatic carboxylic acids is 2. The molecule has 403 valence electrons. The molecule has 10 rings (SSSR count). The Kier molecular flexibility index (Phi) is 18.7. The zero-order valence-electron chi connectivity index (χ0n) is 44.4. The van der Waals surface area contributed by atoms with Crippen LogP contribution < -0.4 is 9.47 Å². The Morgan fingerprint density at radius 1 is 0.576 bits per heavy atom. The van der Waals surface area contributed by atoms with Crippen molar-refractivity contribution in [2.24, 2.45) is 40.4 Å². The molecule has 4 aliphatic carbocycles. The number of hydrogen-bond acceptors (Lipinski definition) is 6. The first-order valence-corrected chi connectivity index (χ1v) is 26.3. The van der Waals surface area contributed by atoms with E-state index < -0.39 is 63.6 Å². The lowest BCUT2D eigenvalue weighted by Gasteiger charge is -2.59. The molecule has 0 spiro atoms. The Morgan fingerprint density at radius 3 is 1.62 bits per heavy atom. The SMILES string of the molecule is [CH2][C]([CH2])[C][C][C][C]([CH2])[C@H]1[C][C][C@H]2[C@@H]3[C][C][C]4[C][C@@H]([C][C][C]=C(c5cc(Cl)c(O[C]c6ccc(-c7cccc(C([O])=O)c7)cc6)c(C(=O)O)c5)c5cc(Cl)c(O[C]c6ccc(-c7cccc(C([O])=O)c7)cc6)c(C(=O)O)c5)[C][C][C@]4([CH2])[C@H]3[C][C][C@]12[CH2]. The molecule has 10 nitrogen and oxygen atoms in total. The van der Waals surface area contributed by atoms with Crippen LogP contribution in [-0.2, 0) is 10.2 Å². The summed E-state index contributed by atoms with van der Waals surface area (Å²) in [6, 6.07) is 30.9. The Labute approximate surface area is 510 Å². The molecule has 43 radical (unpaired) electrons. The summed E-state index contributed by atoms with van der Waals surface area (Å²) in [7, 11) is 0. The summed E-state index contributed by atoms with van der Waals surface area (Å²) < 4.78 is 11.6. The van der Waals surface area contributed by atoms with E-state index in [4.69, 9.17) is 32.7 Å². The van der Waals surface area contributed by atoms with Gasteiger partial charge in [-0.1, -0.05) is 96.0 Å². The third-order valence-corrected chi connectivity index (χ3v) is 14.8. The second-order valence-electron chi connectivity index (χ2n) is 19.8. The lowest BCUT2D eigenvalue weighted by atomic mass is 9.44. The lowest BCUT2D eigenvalue weighted by Crippen LogP contribution is -2.54. The Hall–Kier alpha value is -6.88. The van der Waals surface area contributed by atoms with E-state index in [2.05, 4.69) is 144 Å². The summed E-state index contributed by atoms with van der Waals surface area (Å²) in [5.41, 5.74) is 0.761. The van der Waals surface area contributed by atoms with Gasteiger partial charge in [0.25, 0.3) is 0 Å². The van der Waals surface area contributed by atoms with Gasteiger partial charge in [0.2, 0.25) is 13.2 Å². The van der Waals surface area contributed by atoms with Crippen molar-refractivity contribution in [1.29, 1.82) is 0 Å². The summed E-state index contributed by atoms with van der Waals surface area (Å²) in [5.74, 6) is -7.10. The molecule has 0 heterocycles. The van der Waals surface area contributed by atoms with Crippen molar-refractivity contribution in [2.75, 3.05) is 0 Å². The van der Waals surface area contributed by atoms with E-state index >= 15 is 0 Å². The van der Waals surface area contributed by atoms with E-state index in [-0.39, 0.29) is 61.2 Å². The number of hydrogen-bond donors (Lipinski definition) is 2. The third-order valence-electron chi connectivity index (χ3n) is 14.2. The van der Waals surface area contributed by atoms with Crippen LogP contribution in [0.15, 0.2) is 121 Å². The first kappa shape index (κ1) is 61.2. The van der Waals surface area contributed by atoms with Crippen LogP contribution in [0.1, 0.15) is 63.7 Å². The Balaban J connectivity index is 0.891. The molecule has 85 heavy (non-hydrogen) atoms. The molecule has 4 fully saturated rings. The van der Waals surface area contributed by atoms with E-state index in [1.807, 2.05) is 0 Å². The number of carboxylic acids is 2. The zero-order chi connectivity index (χ0) is 60.3. The molecule has 0 aliphatic heterocycles.